The minimum Gasteiger partial charge on any atom is -0.493 e. The molecule has 1 aliphatic heterocycles. The van der Waals surface area contributed by atoms with Gasteiger partial charge in [0.25, 0.3) is 11.1 Å². The van der Waals surface area contributed by atoms with E-state index in [0.717, 1.165) is 16.7 Å². The molecule has 0 unspecified atom stereocenters. The van der Waals surface area contributed by atoms with Crippen LogP contribution in [0, 0.1) is 12.3 Å². The van der Waals surface area contributed by atoms with E-state index in [4.69, 9.17) is 32.2 Å². The zero-order chi connectivity index (χ0) is 20.0. The molecule has 2 rings (SSSR count). The summed E-state index contributed by atoms with van der Waals surface area (Å²) in [5, 5.41) is -0.260. The summed E-state index contributed by atoms with van der Waals surface area (Å²) in [6.45, 7) is 1.51. The Labute approximate surface area is 165 Å². The van der Waals surface area contributed by atoms with E-state index < -0.39 is 17.1 Å². The van der Waals surface area contributed by atoms with Crippen LogP contribution in [0.4, 0.5) is 4.79 Å². The van der Waals surface area contributed by atoms with Gasteiger partial charge in [-0.15, -0.1) is 6.42 Å². The van der Waals surface area contributed by atoms with Gasteiger partial charge in [0.15, 0.2) is 18.1 Å². The van der Waals surface area contributed by atoms with Gasteiger partial charge < -0.3 is 14.2 Å². The van der Waals surface area contributed by atoms with Crippen LogP contribution < -0.4 is 9.47 Å². The first kappa shape index (κ1) is 20.7. The van der Waals surface area contributed by atoms with Crippen LogP contribution in [-0.4, -0.2) is 48.9 Å². The molecule has 2 amide bonds. The normalized spacial score (nSPS) is 15.0. The Bertz CT molecular complexity index is 845. The number of halogens is 1. The van der Waals surface area contributed by atoms with Crippen molar-refractivity contribution in [2.75, 3.05) is 26.9 Å². The average Bonchev–Trinajstić information content (AvgIpc) is 2.88. The van der Waals surface area contributed by atoms with Gasteiger partial charge in [0, 0.05) is 0 Å². The van der Waals surface area contributed by atoms with E-state index in [1.54, 1.807) is 13.0 Å². The third kappa shape index (κ3) is 4.96. The summed E-state index contributed by atoms with van der Waals surface area (Å²) in [6.07, 6.45) is 6.67. The largest absolute Gasteiger partial charge is 0.493 e. The Morgan fingerprint density at radius 1 is 1.41 bits per heavy atom. The van der Waals surface area contributed by atoms with Gasteiger partial charge in [-0.1, -0.05) is 17.5 Å². The van der Waals surface area contributed by atoms with E-state index >= 15 is 0 Å². The first-order valence-electron chi connectivity index (χ1n) is 7.76. The van der Waals surface area contributed by atoms with Crippen LogP contribution in [-0.2, 0) is 14.3 Å². The van der Waals surface area contributed by atoms with Crippen molar-refractivity contribution in [3.8, 4) is 23.8 Å². The Hall–Kier alpha value is -2.63. The second-order valence-corrected chi connectivity index (χ2v) is 6.50. The molecule has 0 N–H and O–H groups in total. The van der Waals surface area contributed by atoms with Crippen molar-refractivity contribution < 1.29 is 28.6 Å². The average molecular weight is 410 g/mol. The highest BCUT2D eigenvalue weighted by Gasteiger charge is 2.34. The van der Waals surface area contributed by atoms with Crippen molar-refractivity contribution in [3.05, 3.63) is 27.6 Å². The van der Waals surface area contributed by atoms with E-state index in [0.29, 0.717) is 5.56 Å². The number of esters is 1. The fraction of sp³-hybridized carbons (Fsp3) is 0.278. The third-order valence-electron chi connectivity index (χ3n) is 3.31. The van der Waals surface area contributed by atoms with Gasteiger partial charge in [0.2, 0.25) is 0 Å². The quantitative estimate of drug-likeness (QED) is 0.389. The van der Waals surface area contributed by atoms with Crippen LogP contribution in [0.3, 0.4) is 0 Å². The maximum Gasteiger partial charge on any atom is 0.344 e. The van der Waals surface area contributed by atoms with E-state index in [9.17, 15) is 14.4 Å². The fourth-order valence-electron chi connectivity index (χ4n) is 2.18. The summed E-state index contributed by atoms with van der Waals surface area (Å²) in [6, 6.07) is 3.10. The number of imide groups is 1. The Balaban J connectivity index is 2.26. The summed E-state index contributed by atoms with van der Waals surface area (Å²) >= 11 is 7.01. The van der Waals surface area contributed by atoms with Gasteiger partial charge in [-0.3, -0.25) is 14.5 Å². The number of thioether (sulfide) groups is 1. The molecular weight excluding hydrogens is 394 g/mol. The summed E-state index contributed by atoms with van der Waals surface area (Å²) < 4.78 is 15.4. The lowest BCUT2D eigenvalue weighted by molar-refractivity contribution is -0.145. The number of rotatable bonds is 7. The summed E-state index contributed by atoms with van der Waals surface area (Å²) in [5.41, 5.74) is 0.520. The second kappa shape index (κ2) is 9.35. The zero-order valence-electron chi connectivity index (χ0n) is 14.6. The van der Waals surface area contributed by atoms with E-state index in [-0.39, 0.29) is 41.2 Å². The maximum absolute atomic E-state index is 12.2. The van der Waals surface area contributed by atoms with E-state index in [1.165, 1.54) is 19.3 Å². The number of methoxy groups -OCH3 is 1. The number of nitrogens with zero attached hydrogens (tertiary/aromatic N) is 1. The molecule has 0 aliphatic carbocycles. The van der Waals surface area contributed by atoms with Gasteiger partial charge in [0.05, 0.1) is 30.2 Å². The third-order valence-corrected chi connectivity index (χ3v) is 4.50. The number of amides is 2. The molecule has 1 aromatic carbocycles. The summed E-state index contributed by atoms with van der Waals surface area (Å²) in [4.78, 5) is 36.7. The standard InChI is InChI=1S/C18H16ClNO6S/c1-4-6-20-17(22)14(27-18(20)23)9-11-7-12(19)16(13(8-11)24-3)26-10-15(21)25-5-2/h1,7-9H,5-6,10H2,2-3H3/b14-9-. The van der Waals surface area contributed by atoms with Gasteiger partial charge in [-0.25, -0.2) is 4.79 Å². The summed E-state index contributed by atoms with van der Waals surface area (Å²) in [7, 11) is 1.41. The van der Waals surface area contributed by atoms with Gasteiger partial charge in [-0.05, 0) is 42.5 Å². The first-order valence-corrected chi connectivity index (χ1v) is 8.95. The Kier molecular flexibility index (Phi) is 7.16. The van der Waals surface area contributed by atoms with Gasteiger partial charge in [-0.2, -0.15) is 0 Å². The predicted molar refractivity (Wildman–Crippen MR) is 102 cm³/mol. The van der Waals surface area contributed by atoms with Crippen molar-refractivity contribution in [3.63, 3.8) is 0 Å². The van der Waals surface area contributed by atoms with Crippen molar-refractivity contribution in [1.82, 2.24) is 4.90 Å². The number of carbonyl (C=O) groups is 3. The molecule has 0 spiro atoms. The lowest BCUT2D eigenvalue weighted by atomic mass is 10.1. The molecular formula is C18H16ClNO6S. The molecule has 1 fully saturated rings. The summed E-state index contributed by atoms with van der Waals surface area (Å²) in [5.74, 6) is 1.69. The number of terminal acetylenes is 1. The SMILES string of the molecule is C#CCN1C(=O)S/C(=C\c2cc(Cl)c(OCC(=O)OCC)c(OC)c2)C1=O. The highest BCUT2D eigenvalue weighted by atomic mass is 35.5. The van der Waals surface area contributed by atoms with Crippen molar-refractivity contribution in [2.24, 2.45) is 0 Å². The van der Waals surface area contributed by atoms with Gasteiger partial charge >= 0.3 is 5.97 Å². The van der Waals surface area contributed by atoms with Crippen LogP contribution >= 0.6 is 23.4 Å². The molecule has 0 aromatic heterocycles. The number of carbonyl (C=O) groups excluding carboxylic acids is 3. The second-order valence-electron chi connectivity index (χ2n) is 5.10. The zero-order valence-corrected chi connectivity index (χ0v) is 16.2. The lowest BCUT2D eigenvalue weighted by Crippen LogP contribution is -2.28. The van der Waals surface area contributed by atoms with E-state index in [2.05, 4.69) is 5.92 Å². The number of hydrogen-bond acceptors (Lipinski definition) is 7. The molecule has 1 aromatic rings. The highest BCUT2D eigenvalue weighted by molar-refractivity contribution is 8.18. The van der Waals surface area contributed by atoms with Crippen LogP contribution in [0.15, 0.2) is 17.0 Å². The first-order chi connectivity index (χ1) is 12.9. The van der Waals surface area contributed by atoms with Crippen LogP contribution in [0.2, 0.25) is 5.02 Å². The highest BCUT2D eigenvalue weighted by Crippen LogP contribution is 2.38. The molecule has 1 heterocycles. The van der Waals surface area contributed by atoms with Crippen molar-refractivity contribution in [2.45, 2.75) is 6.92 Å². The molecule has 142 valence electrons. The molecule has 1 saturated heterocycles. The number of benzene rings is 1. The fourth-order valence-corrected chi connectivity index (χ4v) is 3.29. The van der Waals surface area contributed by atoms with Crippen molar-refractivity contribution in [1.29, 1.82) is 0 Å². The molecule has 0 saturated carbocycles. The smallest absolute Gasteiger partial charge is 0.344 e. The van der Waals surface area contributed by atoms with Crippen LogP contribution in [0.5, 0.6) is 11.5 Å². The van der Waals surface area contributed by atoms with Crippen molar-refractivity contribution >= 4 is 46.6 Å². The minimum absolute atomic E-state index is 0.0906. The maximum atomic E-state index is 12.2. The molecule has 27 heavy (non-hydrogen) atoms. The van der Waals surface area contributed by atoms with Gasteiger partial charge in [0.1, 0.15) is 0 Å². The molecule has 7 nitrogen and oxygen atoms in total. The number of hydrogen-bond donors (Lipinski definition) is 0. The van der Waals surface area contributed by atoms with E-state index in [1.807, 2.05) is 0 Å². The topological polar surface area (TPSA) is 82.1 Å². The van der Waals surface area contributed by atoms with Crippen LogP contribution in [0.1, 0.15) is 12.5 Å². The molecule has 0 radical (unpaired) electrons. The minimum atomic E-state index is -0.540. The number of ether oxygens (including phenoxy) is 3. The molecule has 9 heteroatoms. The predicted octanol–water partition coefficient (Wildman–Crippen LogP) is 2.96. The van der Waals surface area contributed by atoms with Crippen LogP contribution in [0.25, 0.3) is 6.08 Å². The monoisotopic (exact) mass is 409 g/mol. The Morgan fingerprint density at radius 3 is 2.78 bits per heavy atom. The molecule has 1 aliphatic rings. The lowest BCUT2D eigenvalue weighted by Gasteiger charge is -2.13. The molecule has 0 bridgehead atoms. The molecule has 0 atom stereocenters. The Morgan fingerprint density at radius 2 is 2.15 bits per heavy atom.